The molecule has 0 fully saturated rings. The van der Waals surface area contributed by atoms with Gasteiger partial charge in [0.25, 0.3) is 0 Å². The van der Waals surface area contributed by atoms with E-state index in [1.165, 1.54) is 12.1 Å². The third-order valence-corrected chi connectivity index (χ3v) is 2.15. The van der Waals surface area contributed by atoms with Crippen LogP contribution < -0.4 is 9.84 Å². The van der Waals surface area contributed by atoms with Crippen LogP contribution >= 0.6 is 23.2 Å². The highest BCUT2D eigenvalue weighted by Gasteiger charge is 2.07. The van der Waals surface area contributed by atoms with Gasteiger partial charge in [-0.05, 0) is 12.1 Å². The number of rotatable bonds is 4. The average Bonchev–Trinajstić information content (AvgIpc) is 2.14. The molecule has 0 radical (unpaired) electrons. The summed E-state index contributed by atoms with van der Waals surface area (Å²) in [6, 6.07) is 2.61. The first kappa shape index (κ1) is 11.8. The molecule has 0 bridgehead atoms. The smallest absolute Gasteiger partial charge is 0.153 e. The Morgan fingerprint density at radius 2 is 1.93 bits per heavy atom. The Labute approximate surface area is 95.4 Å². The number of carboxylic acids is 1. The highest BCUT2D eigenvalue weighted by atomic mass is 35.5. The fraction of sp³-hybridized carbons (Fsp3) is 0.111. The number of carboxylic acid groups (broad SMARTS) is 1. The van der Waals surface area contributed by atoms with E-state index < -0.39 is 12.6 Å². The molecule has 1 rings (SSSR count). The minimum absolute atomic E-state index is 0.103. The lowest BCUT2D eigenvalue weighted by Gasteiger charge is -2.08. The molecule has 0 aliphatic carbocycles. The van der Waals surface area contributed by atoms with Gasteiger partial charge in [-0.1, -0.05) is 23.2 Å². The first-order chi connectivity index (χ1) is 7.04. The maximum Gasteiger partial charge on any atom is 0.153 e. The topological polar surface area (TPSA) is 66.4 Å². The van der Waals surface area contributed by atoms with Gasteiger partial charge in [-0.2, -0.15) is 0 Å². The van der Waals surface area contributed by atoms with Crippen molar-refractivity contribution in [3.8, 4) is 5.75 Å². The fourth-order valence-corrected chi connectivity index (χ4v) is 1.46. The largest absolute Gasteiger partial charge is 0.546 e. The van der Waals surface area contributed by atoms with Crippen LogP contribution in [-0.4, -0.2) is 18.9 Å². The van der Waals surface area contributed by atoms with Crippen LogP contribution in [0.5, 0.6) is 5.75 Å². The molecule has 80 valence electrons. The molecule has 0 N–H and O–H groups in total. The quantitative estimate of drug-likeness (QED) is 0.743. The van der Waals surface area contributed by atoms with E-state index >= 15 is 0 Å². The summed E-state index contributed by atoms with van der Waals surface area (Å²) in [5, 5.41) is 10.3. The number of carbonyl (C=O) groups excluding carboxylic acids is 2. The Bertz CT molecular complexity index is 380. The number of ether oxygens (including phenoxy) is 1. The molecule has 0 heterocycles. The zero-order valence-electron chi connectivity index (χ0n) is 7.33. The van der Waals surface area contributed by atoms with Gasteiger partial charge in [0.2, 0.25) is 0 Å². The molecule has 0 amide bonds. The molecule has 0 spiro atoms. The molecule has 0 atom stereocenters. The van der Waals surface area contributed by atoms with Crippen LogP contribution in [0.2, 0.25) is 10.0 Å². The van der Waals surface area contributed by atoms with E-state index in [2.05, 4.69) is 0 Å². The van der Waals surface area contributed by atoms with Gasteiger partial charge in [0, 0.05) is 0 Å². The predicted molar refractivity (Wildman–Crippen MR) is 52.4 cm³/mol. The second kappa shape index (κ2) is 5.00. The molecule has 0 saturated heterocycles. The van der Waals surface area contributed by atoms with Gasteiger partial charge in [-0.15, -0.1) is 0 Å². The van der Waals surface area contributed by atoms with Gasteiger partial charge in [-0.25, -0.2) is 0 Å². The molecule has 0 saturated carbocycles. The van der Waals surface area contributed by atoms with Gasteiger partial charge < -0.3 is 14.6 Å². The minimum atomic E-state index is -1.36. The number of aliphatic carboxylic acids is 1. The summed E-state index contributed by atoms with van der Waals surface area (Å²) in [5.74, 6) is -1.19. The van der Waals surface area contributed by atoms with E-state index in [-0.39, 0.29) is 21.4 Å². The number of hydrogen-bond donors (Lipinski definition) is 0. The van der Waals surface area contributed by atoms with E-state index in [9.17, 15) is 14.7 Å². The summed E-state index contributed by atoms with van der Waals surface area (Å²) >= 11 is 11.4. The van der Waals surface area contributed by atoms with Gasteiger partial charge in [0.05, 0.1) is 21.6 Å². The maximum absolute atomic E-state index is 10.5. The van der Waals surface area contributed by atoms with Crippen LogP contribution in [0.4, 0.5) is 0 Å². The van der Waals surface area contributed by atoms with Crippen molar-refractivity contribution in [2.24, 2.45) is 0 Å². The monoisotopic (exact) mass is 247 g/mol. The molecule has 1 aromatic rings. The van der Waals surface area contributed by atoms with E-state index in [1.807, 2.05) is 0 Å². The normalized spacial score (nSPS) is 9.73. The number of aldehydes is 1. The molecular formula is C9H5Cl2O4-. The zero-order chi connectivity index (χ0) is 11.4. The highest BCUT2D eigenvalue weighted by Crippen LogP contribution is 2.28. The van der Waals surface area contributed by atoms with Crippen LogP contribution in [0.25, 0.3) is 0 Å². The van der Waals surface area contributed by atoms with Crippen molar-refractivity contribution in [1.29, 1.82) is 0 Å². The molecule has 0 aromatic heterocycles. The average molecular weight is 248 g/mol. The number of benzene rings is 1. The number of carbonyl (C=O) groups is 2. The van der Waals surface area contributed by atoms with Crippen molar-refractivity contribution in [2.45, 2.75) is 0 Å². The molecule has 0 unspecified atom stereocenters. The van der Waals surface area contributed by atoms with Crippen LogP contribution in [0.3, 0.4) is 0 Å². The Morgan fingerprint density at radius 1 is 1.40 bits per heavy atom. The van der Waals surface area contributed by atoms with E-state index in [0.29, 0.717) is 6.29 Å². The lowest BCUT2D eigenvalue weighted by atomic mass is 10.2. The van der Waals surface area contributed by atoms with Crippen LogP contribution in [-0.2, 0) is 4.79 Å². The van der Waals surface area contributed by atoms with Gasteiger partial charge in [-0.3, -0.25) is 4.79 Å². The van der Waals surface area contributed by atoms with E-state index in [1.54, 1.807) is 0 Å². The van der Waals surface area contributed by atoms with Crippen molar-refractivity contribution >= 4 is 35.5 Å². The minimum Gasteiger partial charge on any atom is -0.546 e. The van der Waals surface area contributed by atoms with Crippen molar-refractivity contribution in [3.05, 3.63) is 27.7 Å². The van der Waals surface area contributed by atoms with Crippen molar-refractivity contribution in [3.63, 3.8) is 0 Å². The Balaban J connectivity index is 2.93. The van der Waals surface area contributed by atoms with E-state index in [4.69, 9.17) is 27.9 Å². The molecule has 6 heteroatoms. The summed E-state index contributed by atoms with van der Waals surface area (Å²) in [6.07, 6.45) is 0.507. The van der Waals surface area contributed by atoms with Crippen molar-refractivity contribution in [1.82, 2.24) is 0 Å². The molecule has 15 heavy (non-hydrogen) atoms. The Kier molecular flexibility index (Phi) is 3.94. The second-order valence-electron chi connectivity index (χ2n) is 2.58. The summed E-state index contributed by atoms with van der Waals surface area (Å²) < 4.78 is 4.78. The van der Waals surface area contributed by atoms with Crippen molar-refractivity contribution in [2.75, 3.05) is 6.61 Å². The number of halogens is 2. The van der Waals surface area contributed by atoms with Gasteiger partial charge in [0.15, 0.2) is 6.29 Å². The van der Waals surface area contributed by atoms with Gasteiger partial charge in [0.1, 0.15) is 12.4 Å². The highest BCUT2D eigenvalue weighted by molar-refractivity contribution is 6.38. The third-order valence-electron chi connectivity index (χ3n) is 1.53. The SMILES string of the molecule is O=Cc1c(Cl)cc(OCC(=O)[O-])cc1Cl. The Hall–Kier alpha value is -1.26. The van der Waals surface area contributed by atoms with Crippen LogP contribution in [0.15, 0.2) is 12.1 Å². The Morgan fingerprint density at radius 3 is 2.33 bits per heavy atom. The number of hydrogen-bond acceptors (Lipinski definition) is 4. The first-order valence-electron chi connectivity index (χ1n) is 3.81. The lowest BCUT2D eigenvalue weighted by Crippen LogP contribution is -2.28. The molecule has 0 aliphatic heterocycles. The first-order valence-corrected chi connectivity index (χ1v) is 4.57. The molecule has 1 aromatic carbocycles. The van der Waals surface area contributed by atoms with Crippen molar-refractivity contribution < 1.29 is 19.4 Å². The molecule has 4 nitrogen and oxygen atoms in total. The summed E-state index contributed by atoms with van der Waals surface area (Å²) in [6.45, 7) is -0.604. The summed E-state index contributed by atoms with van der Waals surface area (Å²) in [5.41, 5.74) is 0.138. The van der Waals surface area contributed by atoms with Gasteiger partial charge >= 0.3 is 0 Å². The second-order valence-corrected chi connectivity index (χ2v) is 3.39. The van der Waals surface area contributed by atoms with E-state index in [0.717, 1.165) is 0 Å². The molecule has 0 aliphatic rings. The summed E-state index contributed by atoms with van der Waals surface area (Å²) in [7, 11) is 0. The van der Waals surface area contributed by atoms with Crippen LogP contribution in [0, 0.1) is 0 Å². The maximum atomic E-state index is 10.5. The summed E-state index contributed by atoms with van der Waals surface area (Å²) in [4.78, 5) is 20.6. The zero-order valence-corrected chi connectivity index (χ0v) is 8.84. The fourth-order valence-electron chi connectivity index (χ4n) is 0.899. The van der Waals surface area contributed by atoms with Crippen LogP contribution in [0.1, 0.15) is 10.4 Å². The third kappa shape index (κ3) is 3.11. The predicted octanol–water partition coefficient (Wildman–Crippen LogP) is 0.935. The standard InChI is InChI=1S/C9H6Cl2O4/c10-7-1-5(15-4-9(13)14)2-8(11)6(7)3-12/h1-3H,4H2,(H,13,14)/p-1. The molecular weight excluding hydrogens is 243 g/mol. The lowest BCUT2D eigenvalue weighted by molar-refractivity contribution is -0.307.